The van der Waals surface area contributed by atoms with Gasteiger partial charge < -0.3 is 14.8 Å². The van der Waals surface area contributed by atoms with Crippen molar-refractivity contribution in [3.8, 4) is 11.5 Å². The summed E-state index contributed by atoms with van der Waals surface area (Å²) >= 11 is 0. The van der Waals surface area contributed by atoms with Crippen LogP contribution in [0, 0.1) is 6.92 Å². The number of benzene rings is 3. The highest BCUT2D eigenvalue weighted by atomic mass is 16.5. The summed E-state index contributed by atoms with van der Waals surface area (Å²) in [5.74, 6) is 1.07. The number of aryl methyl sites for hydroxylation is 1. The average molecular weight is 418 g/mol. The van der Waals surface area contributed by atoms with Crippen LogP contribution in [0.3, 0.4) is 0 Å². The van der Waals surface area contributed by atoms with Gasteiger partial charge in [-0.2, -0.15) is 5.10 Å². The molecule has 0 bridgehead atoms. The molecule has 0 aliphatic carbocycles. The molecule has 0 unspecified atom stereocenters. The highest BCUT2D eigenvalue weighted by Crippen LogP contribution is 2.28. The fraction of sp³-hybridized carbons (Fsp3) is 0.200. The fourth-order valence-electron chi connectivity index (χ4n) is 2.89. The van der Waals surface area contributed by atoms with Gasteiger partial charge in [-0.25, -0.2) is 5.43 Å². The van der Waals surface area contributed by atoms with Crippen LogP contribution >= 0.6 is 0 Å². The Morgan fingerprint density at radius 2 is 1.74 bits per heavy atom. The predicted molar refractivity (Wildman–Crippen MR) is 124 cm³/mol. The summed E-state index contributed by atoms with van der Waals surface area (Å²) in [6, 6.07) is 23.3. The van der Waals surface area contributed by atoms with E-state index in [2.05, 4.69) is 15.8 Å². The standard InChI is InChI=1S/C25H27N3O3/c1-3-30-24-15-21(13-14-23(24)31-18-20-10-5-4-6-11-20)16-27-28-25(29)17-26-22-12-8-7-9-19(22)2/h4-16,26H,3,17-18H2,1-2H3,(H,28,29). The number of nitrogens with zero attached hydrogens (tertiary/aromatic N) is 1. The lowest BCUT2D eigenvalue weighted by molar-refractivity contribution is -0.119. The number of carbonyl (C=O) groups excluding carboxylic acids is 1. The van der Waals surface area contributed by atoms with Crippen LogP contribution in [0.25, 0.3) is 0 Å². The van der Waals surface area contributed by atoms with Crippen molar-refractivity contribution in [2.45, 2.75) is 20.5 Å². The summed E-state index contributed by atoms with van der Waals surface area (Å²) in [4.78, 5) is 12.0. The van der Waals surface area contributed by atoms with Gasteiger partial charge in [0.05, 0.1) is 19.4 Å². The third-order valence-corrected chi connectivity index (χ3v) is 4.49. The SMILES string of the molecule is CCOc1cc(C=NNC(=O)CNc2ccccc2C)ccc1OCc1ccccc1. The first-order valence-electron chi connectivity index (χ1n) is 10.2. The Balaban J connectivity index is 1.55. The van der Waals surface area contributed by atoms with Crippen LogP contribution in [0.1, 0.15) is 23.6 Å². The van der Waals surface area contributed by atoms with Crippen molar-refractivity contribution in [3.05, 3.63) is 89.5 Å². The molecule has 31 heavy (non-hydrogen) atoms. The second-order valence-corrected chi connectivity index (χ2v) is 6.88. The molecular formula is C25H27N3O3. The van der Waals surface area contributed by atoms with E-state index < -0.39 is 0 Å². The Morgan fingerprint density at radius 3 is 2.52 bits per heavy atom. The third kappa shape index (κ3) is 6.89. The van der Waals surface area contributed by atoms with Crippen LogP contribution in [-0.4, -0.2) is 25.3 Å². The van der Waals surface area contributed by atoms with Gasteiger partial charge in [0.2, 0.25) is 0 Å². The van der Waals surface area contributed by atoms with E-state index in [1.54, 1.807) is 6.21 Å². The van der Waals surface area contributed by atoms with Gasteiger partial charge in [-0.05, 0) is 54.8 Å². The number of hydrazone groups is 1. The maximum absolute atomic E-state index is 12.0. The molecule has 3 aromatic carbocycles. The smallest absolute Gasteiger partial charge is 0.259 e. The van der Waals surface area contributed by atoms with Gasteiger partial charge in [0, 0.05) is 5.69 Å². The molecule has 0 aliphatic heterocycles. The Morgan fingerprint density at radius 1 is 0.968 bits per heavy atom. The Labute approximate surface area is 182 Å². The molecule has 0 aliphatic rings. The maximum Gasteiger partial charge on any atom is 0.259 e. The summed E-state index contributed by atoms with van der Waals surface area (Å²) in [5.41, 5.74) is 6.41. The van der Waals surface area contributed by atoms with Crippen LogP contribution < -0.4 is 20.2 Å². The molecule has 0 radical (unpaired) electrons. The Hall–Kier alpha value is -3.80. The minimum atomic E-state index is -0.229. The summed E-state index contributed by atoms with van der Waals surface area (Å²) < 4.78 is 11.6. The van der Waals surface area contributed by atoms with E-state index in [0.717, 1.165) is 22.4 Å². The highest BCUT2D eigenvalue weighted by molar-refractivity contribution is 5.85. The van der Waals surface area contributed by atoms with Crippen molar-refractivity contribution < 1.29 is 14.3 Å². The van der Waals surface area contributed by atoms with E-state index in [-0.39, 0.29) is 12.5 Å². The molecule has 0 saturated carbocycles. The minimum absolute atomic E-state index is 0.138. The molecular weight excluding hydrogens is 390 g/mol. The Bertz CT molecular complexity index is 1020. The lowest BCUT2D eigenvalue weighted by Crippen LogP contribution is -2.26. The van der Waals surface area contributed by atoms with E-state index in [4.69, 9.17) is 9.47 Å². The van der Waals surface area contributed by atoms with E-state index in [1.807, 2.05) is 86.6 Å². The molecule has 0 atom stereocenters. The van der Waals surface area contributed by atoms with E-state index in [9.17, 15) is 4.79 Å². The molecule has 0 heterocycles. The second-order valence-electron chi connectivity index (χ2n) is 6.88. The zero-order valence-corrected chi connectivity index (χ0v) is 17.8. The quantitative estimate of drug-likeness (QED) is 0.375. The van der Waals surface area contributed by atoms with Gasteiger partial charge >= 0.3 is 0 Å². The zero-order valence-electron chi connectivity index (χ0n) is 17.8. The van der Waals surface area contributed by atoms with E-state index in [1.165, 1.54) is 0 Å². The molecule has 6 nitrogen and oxygen atoms in total. The van der Waals surface area contributed by atoms with Crippen molar-refractivity contribution in [3.63, 3.8) is 0 Å². The number of para-hydroxylation sites is 1. The zero-order chi connectivity index (χ0) is 21.9. The van der Waals surface area contributed by atoms with Crippen LogP contribution in [0.15, 0.2) is 77.9 Å². The summed E-state index contributed by atoms with van der Waals surface area (Å²) in [6.07, 6.45) is 1.58. The van der Waals surface area contributed by atoms with Crippen molar-refractivity contribution in [2.75, 3.05) is 18.5 Å². The fourth-order valence-corrected chi connectivity index (χ4v) is 2.89. The summed E-state index contributed by atoms with van der Waals surface area (Å²) in [7, 11) is 0. The number of rotatable bonds is 10. The van der Waals surface area contributed by atoms with Crippen molar-refractivity contribution in [1.82, 2.24) is 5.43 Å². The predicted octanol–water partition coefficient (Wildman–Crippen LogP) is 4.53. The number of amides is 1. The molecule has 0 aromatic heterocycles. The first-order chi connectivity index (χ1) is 15.2. The molecule has 6 heteroatoms. The Kier molecular flexibility index (Phi) is 8.05. The number of hydrogen-bond acceptors (Lipinski definition) is 5. The average Bonchev–Trinajstić information content (AvgIpc) is 2.79. The van der Waals surface area contributed by atoms with Crippen LogP contribution in [0.5, 0.6) is 11.5 Å². The molecule has 0 spiro atoms. The minimum Gasteiger partial charge on any atom is -0.490 e. The highest BCUT2D eigenvalue weighted by Gasteiger charge is 2.07. The first kappa shape index (κ1) is 21.9. The maximum atomic E-state index is 12.0. The monoisotopic (exact) mass is 417 g/mol. The van der Waals surface area contributed by atoms with Crippen molar-refractivity contribution in [2.24, 2.45) is 5.10 Å². The summed E-state index contributed by atoms with van der Waals surface area (Å²) in [6.45, 7) is 5.02. The number of carbonyl (C=O) groups is 1. The molecule has 3 aromatic rings. The molecule has 160 valence electrons. The van der Waals surface area contributed by atoms with E-state index in [0.29, 0.717) is 24.7 Å². The lowest BCUT2D eigenvalue weighted by Gasteiger charge is -2.12. The molecule has 1 amide bonds. The largest absolute Gasteiger partial charge is 0.490 e. The van der Waals surface area contributed by atoms with Crippen LogP contribution in [0.4, 0.5) is 5.69 Å². The van der Waals surface area contributed by atoms with Crippen molar-refractivity contribution in [1.29, 1.82) is 0 Å². The number of anilines is 1. The van der Waals surface area contributed by atoms with Crippen LogP contribution in [0.2, 0.25) is 0 Å². The van der Waals surface area contributed by atoms with Gasteiger partial charge in [-0.1, -0.05) is 48.5 Å². The molecule has 0 fully saturated rings. The van der Waals surface area contributed by atoms with Gasteiger partial charge in [-0.15, -0.1) is 0 Å². The molecule has 3 rings (SSSR count). The number of hydrogen-bond donors (Lipinski definition) is 2. The van der Waals surface area contributed by atoms with Gasteiger partial charge in [0.1, 0.15) is 6.61 Å². The third-order valence-electron chi connectivity index (χ3n) is 4.49. The van der Waals surface area contributed by atoms with Crippen LogP contribution in [-0.2, 0) is 11.4 Å². The topological polar surface area (TPSA) is 72.0 Å². The van der Waals surface area contributed by atoms with Gasteiger partial charge in [0.25, 0.3) is 5.91 Å². The van der Waals surface area contributed by atoms with Crippen molar-refractivity contribution >= 4 is 17.8 Å². The molecule has 0 saturated heterocycles. The number of nitrogens with one attached hydrogen (secondary N) is 2. The normalized spacial score (nSPS) is 10.6. The molecule has 2 N–H and O–H groups in total. The van der Waals surface area contributed by atoms with Gasteiger partial charge in [-0.3, -0.25) is 4.79 Å². The lowest BCUT2D eigenvalue weighted by atomic mass is 10.2. The summed E-state index contributed by atoms with van der Waals surface area (Å²) in [5, 5.41) is 7.14. The van der Waals surface area contributed by atoms with E-state index >= 15 is 0 Å². The second kappa shape index (κ2) is 11.4. The van der Waals surface area contributed by atoms with Gasteiger partial charge in [0.15, 0.2) is 11.5 Å². The first-order valence-corrected chi connectivity index (χ1v) is 10.2. The number of ether oxygens (including phenoxy) is 2.